The van der Waals surface area contributed by atoms with Crippen LogP contribution in [0.4, 0.5) is 0 Å². The highest BCUT2D eigenvalue weighted by atomic mass is 16.6. The Morgan fingerprint density at radius 3 is 2.47 bits per heavy atom. The van der Waals surface area contributed by atoms with E-state index in [1.807, 2.05) is 12.1 Å². The fourth-order valence-corrected chi connectivity index (χ4v) is 4.54. The van der Waals surface area contributed by atoms with E-state index >= 15 is 0 Å². The molecule has 38 heavy (non-hydrogen) atoms. The Morgan fingerprint density at radius 2 is 1.76 bits per heavy atom. The van der Waals surface area contributed by atoms with Gasteiger partial charge in [0.05, 0.1) is 33.3 Å². The molecule has 0 aromatic heterocycles. The number of Topliss-reactive ketones (excluding diaryl/α,β-unsaturated/α-hetero) is 1. The summed E-state index contributed by atoms with van der Waals surface area (Å²) in [6.45, 7) is -0.357. The lowest BCUT2D eigenvalue weighted by Gasteiger charge is -2.28. The fourth-order valence-electron chi connectivity index (χ4n) is 4.54. The van der Waals surface area contributed by atoms with E-state index in [9.17, 15) is 14.4 Å². The summed E-state index contributed by atoms with van der Waals surface area (Å²) in [5.74, 6) is 0.156. The number of carbonyl (C=O) groups is 3. The second-order valence-electron chi connectivity index (χ2n) is 8.54. The highest BCUT2D eigenvalue weighted by molar-refractivity contribution is 6.15. The Labute approximate surface area is 218 Å². The van der Waals surface area contributed by atoms with Crippen molar-refractivity contribution >= 4 is 23.8 Å². The maximum atomic E-state index is 13.3. The number of carbonyl (C=O) groups excluding carboxylic acids is 3. The lowest BCUT2D eigenvalue weighted by atomic mass is 9.84. The summed E-state index contributed by atoms with van der Waals surface area (Å²) in [7, 11) is 4.31. The minimum Gasteiger partial charge on any atom is -0.497 e. The third-order valence-corrected chi connectivity index (χ3v) is 6.36. The molecule has 0 N–H and O–H groups in total. The molecular formula is C29H24O9. The molecule has 2 aliphatic heterocycles. The average molecular weight is 517 g/mol. The van der Waals surface area contributed by atoms with Crippen LogP contribution in [0.2, 0.25) is 0 Å². The first-order valence-electron chi connectivity index (χ1n) is 11.8. The first-order chi connectivity index (χ1) is 18.4. The molecule has 0 fully saturated rings. The van der Waals surface area contributed by atoms with Crippen molar-refractivity contribution in [2.75, 3.05) is 27.9 Å². The summed E-state index contributed by atoms with van der Waals surface area (Å²) in [5.41, 5.74) is 2.21. The number of allylic oxidation sites excluding steroid dienone is 1. The maximum Gasteiger partial charge on any atom is 0.343 e. The Balaban J connectivity index is 1.59. The zero-order chi connectivity index (χ0) is 26.8. The molecule has 0 radical (unpaired) electrons. The van der Waals surface area contributed by atoms with Crippen molar-refractivity contribution in [1.82, 2.24) is 0 Å². The first kappa shape index (κ1) is 24.9. The molecule has 194 valence electrons. The summed E-state index contributed by atoms with van der Waals surface area (Å²) < 4.78 is 32.8. The molecule has 0 amide bonds. The number of hydrogen-bond donors (Lipinski definition) is 0. The van der Waals surface area contributed by atoms with Gasteiger partial charge in [-0.1, -0.05) is 24.3 Å². The molecule has 0 aliphatic carbocycles. The van der Waals surface area contributed by atoms with Crippen molar-refractivity contribution in [3.63, 3.8) is 0 Å². The minimum absolute atomic E-state index is 0.0414. The molecule has 2 aliphatic rings. The third-order valence-electron chi connectivity index (χ3n) is 6.36. The van der Waals surface area contributed by atoms with Crippen molar-refractivity contribution in [3.05, 3.63) is 82.6 Å². The van der Waals surface area contributed by atoms with Crippen molar-refractivity contribution in [2.24, 2.45) is 0 Å². The highest BCUT2D eigenvalue weighted by Gasteiger charge is 2.40. The molecule has 9 heteroatoms. The standard InChI is InChI=1S/C29H24O9/c1-33-17-9-7-16(8-10-17)13-23-27(32)19-11-12-21-26(29(19)38-23)20(14-24(30)37-21)18-5-4-6-22(34-2)28(18)36-15-25(31)35-3/h4-13,20H,14-15H2,1-3H3/b23-13-/t20-/m1/s1. The molecule has 9 nitrogen and oxygen atoms in total. The number of ether oxygens (including phenoxy) is 6. The van der Waals surface area contributed by atoms with E-state index in [0.29, 0.717) is 33.9 Å². The van der Waals surface area contributed by atoms with Gasteiger partial charge in [-0.2, -0.15) is 0 Å². The molecule has 0 unspecified atom stereocenters. The van der Waals surface area contributed by atoms with E-state index in [-0.39, 0.29) is 36.1 Å². The van der Waals surface area contributed by atoms with E-state index in [1.54, 1.807) is 55.7 Å². The SMILES string of the molecule is COC(=O)COc1c(OC)cccc1[C@H]1CC(=O)Oc2ccc3c(c21)O/C(=C\c1ccc(OC)cc1)C3=O. The van der Waals surface area contributed by atoms with Crippen LogP contribution in [0.1, 0.15) is 39.4 Å². The molecule has 0 spiro atoms. The van der Waals surface area contributed by atoms with Gasteiger partial charge in [0.1, 0.15) is 17.2 Å². The predicted octanol–water partition coefficient (Wildman–Crippen LogP) is 4.31. The van der Waals surface area contributed by atoms with Gasteiger partial charge < -0.3 is 28.4 Å². The van der Waals surface area contributed by atoms with Gasteiger partial charge in [0.15, 0.2) is 23.9 Å². The Bertz CT molecular complexity index is 1450. The third kappa shape index (κ3) is 4.54. The van der Waals surface area contributed by atoms with Crippen LogP contribution in [0.25, 0.3) is 6.08 Å². The van der Waals surface area contributed by atoms with Crippen molar-refractivity contribution in [2.45, 2.75) is 12.3 Å². The molecular weight excluding hydrogens is 492 g/mol. The van der Waals surface area contributed by atoms with Crippen molar-refractivity contribution in [3.8, 4) is 28.7 Å². The van der Waals surface area contributed by atoms with Crippen molar-refractivity contribution in [1.29, 1.82) is 0 Å². The second-order valence-corrected chi connectivity index (χ2v) is 8.54. The number of fused-ring (bicyclic) bond motifs is 3. The monoisotopic (exact) mass is 516 g/mol. The number of para-hydroxylation sites is 1. The van der Waals surface area contributed by atoms with Gasteiger partial charge in [-0.05, 0) is 42.0 Å². The van der Waals surface area contributed by atoms with Gasteiger partial charge in [0, 0.05) is 17.0 Å². The van der Waals surface area contributed by atoms with Crippen LogP contribution >= 0.6 is 0 Å². The van der Waals surface area contributed by atoms with Gasteiger partial charge >= 0.3 is 11.9 Å². The topological polar surface area (TPSA) is 107 Å². The van der Waals surface area contributed by atoms with Crippen LogP contribution in [0.5, 0.6) is 28.7 Å². The number of methoxy groups -OCH3 is 3. The van der Waals surface area contributed by atoms with E-state index in [0.717, 1.165) is 5.56 Å². The van der Waals surface area contributed by atoms with Crippen LogP contribution in [0, 0.1) is 0 Å². The summed E-state index contributed by atoms with van der Waals surface area (Å²) in [4.78, 5) is 37.7. The van der Waals surface area contributed by atoms with Crippen LogP contribution in [-0.4, -0.2) is 45.7 Å². The molecule has 0 bridgehead atoms. The van der Waals surface area contributed by atoms with Gasteiger partial charge in [-0.15, -0.1) is 0 Å². The van der Waals surface area contributed by atoms with Crippen molar-refractivity contribution < 1.29 is 42.8 Å². The Morgan fingerprint density at radius 1 is 0.974 bits per heavy atom. The smallest absolute Gasteiger partial charge is 0.343 e. The van der Waals surface area contributed by atoms with Crippen LogP contribution in [0.3, 0.4) is 0 Å². The zero-order valence-corrected chi connectivity index (χ0v) is 20.9. The molecule has 0 saturated carbocycles. The second kappa shape index (κ2) is 10.3. The normalized spacial score (nSPS) is 16.7. The number of rotatable bonds is 7. The largest absolute Gasteiger partial charge is 0.497 e. The van der Waals surface area contributed by atoms with Gasteiger partial charge in [-0.3, -0.25) is 9.59 Å². The van der Waals surface area contributed by atoms with Gasteiger partial charge in [0.2, 0.25) is 5.78 Å². The summed E-state index contributed by atoms with van der Waals surface area (Å²) >= 11 is 0. The van der Waals surface area contributed by atoms with Crippen LogP contribution in [-0.2, 0) is 14.3 Å². The minimum atomic E-state index is -0.600. The molecule has 3 aromatic rings. The lowest BCUT2D eigenvalue weighted by molar-refractivity contribution is -0.143. The Hall–Kier alpha value is -4.79. The number of esters is 2. The zero-order valence-electron chi connectivity index (χ0n) is 20.9. The maximum absolute atomic E-state index is 13.3. The van der Waals surface area contributed by atoms with Crippen LogP contribution in [0.15, 0.2) is 60.4 Å². The van der Waals surface area contributed by atoms with E-state index < -0.39 is 17.9 Å². The molecule has 5 rings (SSSR count). The Kier molecular flexibility index (Phi) is 6.74. The fraction of sp³-hybridized carbons (Fsp3) is 0.207. The summed E-state index contributed by atoms with van der Waals surface area (Å²) in [6, 6.07) is 15.6. The molecule has 1 atom stereocenters. The van der Waals surface area contributed by atoms with Gasteiger partial charge in [0.25, 0.3) is 0 Å². The summed E-state index contributed by atoms with van der Waals surface area (Å²) in [5, 5.41) is 0. The lowest BCUT2D eigenvalue weighted by Crippen LogP contribution is -2.22. The van der Waals surface area contributed by atoms with E-state index in [4.69, 9.17) is 28.4 Å². The highest BCUT2D eigenvalue weighted by Crippen LogP contribution is 2.51. The number of ketones is 1. The quantitative estimate of drug-likeness (QED) is 0.258. The molecule has 2 heterocycles. The number of benzene rings is 3. The molecule has 3 aromatic carbocycles. The van der Waals surface area contributed by atoms with E-state index in [1.165, 1.54) is 14.2 Å². The number of hydrogen-bond acceptors (Lipinski definition) is 9. The summed E-state index contributed by atoms with van der Waals surface area (Å²) in [6.07, 6.45) is 1.61. The van der Waals surface area contributed by atoms with Crippen LogP contribution < -0.4 is 23.7 Å². The first-order valence-corrected chi connectivity index (χ1v) is 11.8. The van der Waals surface area contributed by atoms with Gasteiger partial charge in [-0.25, -0.2) is 4.79 Å². The predicted molar refractivity (Wildman–Crippen MR) is 135 cm³/mol. The molecule has 0 saturated heterocycles. The van der Waals surface area contributed by atoms with E-state index in [2.05, 4.69) is 0 Å². The average Bonchev–Trinajstić information content (AvgIpc) is 3.25.